The number of halogens is 2. The second-order valence-electron chi connectivity index (χ2n) is 9.27. The molecule has 0 amide bonds. The van der Waals surface area contributed by atoms with Gasteiger partial charge in [-0.3, -0.25) is 9.00 Å². The Bertz CT molecular complexity index is 1500. The fourth-order valence-electron chi connectivity index (χ4n) is 4.69. The number of pyridine rings is 1. The van der Waals surface area contributed by atoms with Gasteiger partial charge in [0.1, 0.15) is 17.1 Å². The number of aliphatic hydroxyl groups is 1. The van der Waals surface area contributed by atoms with Crippen molar-refractivity contribution in [2.45, 2.75) is 44.8 Å². The third-order valence-electron chi connectivity index (χ3n) is 6.54. The van der Waals surface area contributed by atoms with Crippen LogP contribution in [0.1, 0.15) is 42.6 Å². The monoisotopic (exact) mass is 620 g/mol. The maximum atomic E-state index is 14.8. The Hall–Kier alpha value is -2.50. The van der Waals surface area contributed by atoms with E-state index in [1.54, 1.807) is 29.9 Å². The van der Waals surface area contributed by atoms with Crippen LogP contribution in [-0.2, 0) is 16.6 Å². The zero-order chi connectivity index (χ0) is 25.7. The first kappa shape index (κ1) is 25.2. The van der Waals surface area contributed by atoms with Gasteiger partial charge in [-0.15, -0.1) is 0 Å². The number of nitrogens with one attached hydrogen (secondary N) is 1. The number of aromatic nitrogens is 1. The van der Waals surface area contributed by atoms with Gasteiger partial charge in [0.05, 0.1) is 11.4 Å². The smallest absolute Gasteiger partial charge is 0.264 e. The topological polar surface area (TPSA) is 80.6 Å². The first-order chi connectivity index (χ1) is 17.2. The summed E-state index contributed by atoms with van der Waals surface area (Å²) >= 11 is 2.04. The molecule has 1 fully saturated rings. The van der Waals surface area contributed by atoms with Gasteiger partial charge < -0.3 is 19.7 Å². The van der Waals surface area contributed by atoms with Crippen molar-refractivity contribution in [2.75, 3.05) is 11.6 Å². The molecule has 0 radical (unpaired) electrons. The highest BCUT2D eigenvalue weighted by Gasteiger charge is 2.36. The standard InChI is InChI=1S/C27H26FIN2O4S/c1-14-24(30-21-10-7-18(29)12-20(21)28)23-25(35-27(14)33)22(15(2)31(26(23)32)19-8-9-19)17-6-4-5-16(11-17)13-36(3)34/h4-7,10-12,19,27,30,33H,8-9,13H2,1-3H3/t27?,36-/m0/s1. The van der Waals surface area contributed by atoms with E-state index in [1.807, 2.05) is 53.8 Å². The lowest BCUT2D eigenvalue weighted by Crippen LogP contribution is -2.34. The number of aliphatic hydroxyl groups excluding tert-OH is 1. The van der Waals surface area contributed by atoms with Crippen molar-refractivity contribution in [1.82, 2.24) is 4.57 Å². The molecule has 5 rings (SSSR count). The summed E-state index contributed by atoms with van der Waals surface area (Å²) in [6, 6.07) is 12.5. The first-order valence-corrected chi connectivity index (χ1v) is 14.4. The van der Waals surface area contributed by atoms with E-state index in [0.29, 0.717) is 22.6 Å². The summed E-state index contributed by atoms with van der Waals surface area (Å²) in [7, 11) is -1.02. The minimum atomic E-state index is -1.31. The molecule has 1 aromatic heterocycles. The van der Waals surface area contributed by atoms with Crippen molar-refractivity contribution < 1.29 is 18.4 Å². The molecule has 9 heteroatoms. The van der Waals surface area contributed by atoms with Gasteiger partial charge in [-0.25, -0.2) is 4.39 Å². The third kappa shape index (κ3) is 4.64. The highest BCUT2D eigenvalue weighted by molar-refractivity contribution is 14.1. The van der Waals surface area contributed by atoms with Crippen molar-refractivity contribution in [3.63, 3.8) is 0 Å². The Labute approximate surface area is 224 Å². The van der Waals surface area contributed by atoms with Gasteiger partial charge in [0.15, 0.2) is 0 Å². The summed E-state index contributed by atoms with van der Waals surface area (Å²) in [4.78, 5) is 13.9. The predicted molar refractivity (Wildman–Crippen MR) is 149 cm³/mol. The number of ether oxygens (including phenoxy) is 1. The van der Waals surface area contributed by atoms with Crippen LogP contribution in [0.3, 0.4) is 0 Å². The largest absolute Gasteiger partial charge is 0.459 e. The van der Waals surface area contributed by atoms with E-state index < -0.39 is 22.9 Å². The van der Waals surface area contributed by atoms with Crippen LogP contribution < -0.4 is 15.6 Å². The number of rotatable bonds is 6. The molecule has 36 heavy (non-hydrogen) atoms. The van der Waals surface area contributed by atoms with Gasteiger partial charge >= 0.3 is 0 Å². The molecule has 2 N–H and O–H groups in total. The molecule has 1 saturated carbocycles. The minimum absolute atomic E-state index is 0.0799. The summed E-state index contributed by atoms with van der Waals surface area (Å²) in [5.41, 5.74) is 4.10. The molecule has 1 aliphatic heterocycles. The second-order valence-corrected chi connectivity index (χ2v) is 11.9. The SMILES string of the molecule is CC1=C(Nc2ccc(I)cc2F)c2c(c(-c3cccc(C[S@](C)=O)c3)c(C)n(C3CC3)c2=O)OC1O. The average molecular weight is 620 g/mol. The molecule has 3 aromatic rings. The molecule has 2 atom stereocenters. The average Bonchev–Trinajstić information content (AvgIpc) is 3.63. The van der Waals surface area contributed by atoms with Gasteiger partial charge in [0.25, 0.3) is 5.56 Å². The molecule has 2 heterocycles. The number of anilines is 1. The van der Waals surface area contributed by atoms with Gasteiger partial charge in [0.2, 0.25) is 6.29 Å². The van der Waals surface area contributed by atoms with Crippen LogP contribution in [0.4, 0.5) is 10.1 Å². The van der Waals surface area contributed by atoms with Gasteiger partial charge in [-0.2, -0.15) is 0 Å². The molecule has 6 nitrogen and oxygen atoms in total. The van der Waals surface area contributed by atoms with Crippen LogP contribution in [0, 0.1) is 16.3 Å². The van der Waals surface area contributed by atoms with Crippen molar-refractivity contribution >= 4 is 44.8 Å². The summed E-state index contributed by atoms with van der Waals surface area (Å²) in [6.07, 6.45) is 2.14. The van der Waals surface area contributed by atoms with Gasteiger partial charge in [-0.05, 0) is 78.6 Å². The number of hydrogen-bond donors (Lipinski definition) is 2. The van der Waals surface area contributed by atoms with E-state index in [0.717, 1.165) is 33.2 Å². The summed E-state index contributed by atoms with van der Waals surface area (Å²) in [5.74, 6) is 0.203. The van der Waals surface area contributed by atoms with Crippen molar-refractivity contribution in [2.24, 2.45) is 0 Å². The van der Waals surface area contributed by atoms with E-state index in [2.05, 4.69) is 5.32 Å². The molecule has 0 spiro atoms. The van der Waals surface area contributed by atoms with E-state index in [9.17, 15) is 18.5 Å². The summed E-state index contributed by atoms with van der Waals surface area (Å²) in [6.45, 7) is 3.55. The van der Waals surface area contributed by atoms with E-state index in [4.69, 9.17) is 4.74 Å². The van der Waals surface area contributed by atoms with E-state index in [1.165, 1.54) is 6.07 Å². The van der Waals surface area contributed by atoms with Crippen LogP contribution >= 0.6 is 22.6 Å². The fraction of sp³-hybridized carbons (Fsp3) is 0.296. The molecular formula is C27H26FIN2O4S. The molecular weight excluding hydrogens is 594 g/mol. The van der Waals surface area contributed by atoms with Gasteiger partial charge in [0, 0.05) is 49.3 Å². The van der Waals surface area contributed by atoms with E-state index >= 15 is 0 Å². The van der Waals surface area contributed by atoms with Gasteiger partial charge in [-0.1, -0.05) is 24.3 Å². The maximum absolute atomic E-state index is 14.8. The van der Waals surface area contributed by atoms with Crippen molar-refractivity contribution in [3.05, 3.63) is 84.6 Å². The van der Waals surface area contributed by atoms with Crippen LogP contribution in [0.15, 0.2) is 52.8 Å². The van der Waals surface area contributed by atoms with Crippen LogP contribution in [0.2, 0.25) is 0 Å². The molecule has 0 bridgehead atoms. The molecule has 1 unspecified atom stereocenters. The Kier molecular flexibility index (Phi) is 6.82. The number of nitrogens with zero attached hydrogens (tertiary/aromatic N) is 1. The van der Waals surface area contributed by atoms with Crippen LogP contribution in [0.5, 0.6) is 5.75 Å². The molecule has 2 aliphatic rings. The first-order valence-electron chi connectivity index (χ1n) is 11.6. The minimum Gasteiger partial charge on any atom is -0.459 e. The molecule has 1 aliphatic carbocycles. The number of fused-ring (bicyclic) bond motifs is 1. The Morgan fingerprint density at radius 3 is 2.61 bits per heavy atom. The summed E-state index contributed by atoms with van der Waals surface area (Å²) in [5, 5.41) is 13.9. The quantitative estimate of drug-likeness (QED) is 0.364. The second kappa shape index (κ2) is 9.75. The maximum Gasteiger partial charge on any atom is 0.264 e. The Morgan fingerprint density at radius 2 is 1.94 bits per heavy atom. The van der Waals surface area contributed by atoms with Crippen LogP contribution in [-0.4, -0.2) is 26.4 Å². The number of benzene rings is 2. The number of hydrogen-bond acceptors (Lipinski definition) is 5. The van der Waals surface area contributed by atoms with Crippen molar-refractivity contribution in [3.8, 4) is 16.9 Å². The van der Waals surface area contributed by atoms with Crippen LogP contribution in [0.25, 0.3) is 16.8 Å². The zero-order valence-electron chi connectivity index (χ0n) is 20.1. The molecule has 188 valence electrons. The normalized spacial score (nSPS) is 18.0. The Morgan fingerprint density at radius 1 is 1.19 bits per heavy atom. The van der Waals surface area contributed by atoms with E-state index in [-0.39, 0.29) is 28.6 Å². The third-order valence-corrected chi connectivity index (χ3v) is 7.95. The summed E-state index contributed by atoms with van der Waals surface area (Å²) < 4.78 is 35.2. The van der Waals surface area contributed by atoms with Crippen molar-refractivity contribution in [1.29, 1.82) is 0 Å². The lowest BCUT2D eigenvalue weighted by Gasteiger charge is -2.30. The Balaban J connectivity index is 1.76. The lowest BCUT2D eigenvalue weighted by atomic mass is 9.94. The highest BCUT2D eigenvalue weighted by Crippen LogP contribution is 2.45. The molecule has 2 aromatic carbocycles. The zero-order valence-corrected chi connectivity index (χ0v) is 23.1. The molecule has 0 saturated heterocycles. The fourth-order valence-corrected chi connectivity index (χ4v) is 5.79. The highest BCUT2D eigenvalue weighted by atomic mass is 127. The lowest BCUT2D eigenvalue weighted by molar-refractivity contribution is 0.0125. The predicted octanol–water partition coefficient (Wildman–Crippen LogP) is 5.33.